The molecule has 19 heteroatoms. The Morgan fingerprint density at radius 3 is 0.979 bits per heavy atom. The van der Waals surface area contributed by atoms with Crippen LogP contribution in [0.15, 0.2) is 328 Å². The molecule has 0 aliphatic carbocycles. The number of nitrogens with two attached hydrogens (primary N) is 3. The number of nitrogen functional groups attached to an aromatic ring is 3. The smallest absolute Gasteiger partial charge is 0.255 e. The van der Waals surface area contributed by atoms with Gasteiger partial charge >= 0.3 is 0 Å². The van der Waals surface area contributed by atoms with Gasteiger partial charge < -0.3 is 84.9 Å². The zero-order chi connectivity index (χ0) is 98.4. The predicted molar refractivity (Wildman–Crippen MR) is 577 cm³/mol. The van der Waals surface area contributed by atoms with Crippen molar-refractivity contribution in [1.82, 2.24) is 24.5 Å². The number of Topliss-reactive ketones (excluding diaryl/α,β-unsaturated/α-hetero) is 1. The Morgan fingerprint density at radius 2 is 0.582 bits per heavy atom. The van der Waals surface area contributed by atoms with Crippen molar-refractivity contribution in [1.29, 1.82) is 0 Å². The first-order chi connectivity index (χ1) is 68.6. The number of hydrogen-bond acceptors (Lipinski definition) is 18. The Bertz CT molecular complexity index is 6280. The number of amides is 1. The summed E-state index contributed by atoms with van der Waals surface area (Å²) in [6.07, 6.45) is 13.2. The van der Waals surface area contributed by atoms with Gasteiger partial charge in [0.15, 0.2) is 0 Å². The summed E-state index contributed by atoms with van der Waals surface area (Å²) in [6.45, 7) is 13.1. The predicted octanol–water partition coefficient (Wildman–Crippen LogP) is 24.2. The van der Waals surface area contributed by atoms with E-state index in [1.165, 1.54) is 16.7 Å². The molecule has 730 valence electrons. The van der Waals surface area contributed by atoms with E-state index < -0.39 is 0 Å². The van der Waals surface area contributed by atoms with E-state index in [1.807, 2.05) is 194 Å². The molecule has 1 amide bonds. The lowest BCUT2D eigenvalue weighted by molar-refractivity contribution is -0.117. The molecule has 0 spiro atoms. The lowest BCUT2D eigenvalue weighted by atomic mass is 9.97. The summed E-state index contributed by atoms with van der Waals surface area (Å²) in [5.74, 6) is 7.02. The van der Waals surface area contributed by atoms with Crippen LogP contribution in [-0.4, -0.2) is 189 Å². The van der Waals surface area contributed by atoms with E-state index in [1.54, 1.807) is 21.3 Å². The van der Waals surface area contributed by atoms with Gasteiger partial charge in [0, 0.05) is 118 Å². The minimum atomic E-state index is -0.154. The van der Waals surface area contributed by atoms with Crippen molar-refractivity contribution in [2.24, 2.45) is 0 Å². The number of hydrogen-bond donors (Lipinski definition) is 4. The van der Waals surface area contributed by atoms with E-state index in [4.69, 9.17) is 55.1 Å². The number of carbonyl (C=O) groups excluding carboxylic acids is 2. The largest absolute Gasteiger partial charge is 0.497 e. The fraction of sp³-hybridized carbons (Fsp3) is 0.295. The van der Waals surface area contributed by atoms with E-state index >= 15 is 0 Å². The van der Waals surface area contributed by atoms with Crippen molar-refractivity contribution in [2.45, 2.75) is 114 Å². The number of likely N-dealkylation sites (tertiary alicyclic amines) is 5. The van der Waals surface area contributed by atoms with E-state index in [0.717, 1.165) is 276 Å². The molecule has 7 N–H and O–H groups in total. The molecule has 0 radical (unpaired) electrons. The van der Waals surface area contributed by atoms with Crippen LogP contribution in [0.25, 0.3) is 77.9 Å². The van der Waals surface area contributed by atoms with E-state index in [9.17, 15) is 9.59 Å². The number of anilines is 4. The number of ketones is 1. The first-order valence-corrected chi connectivity index (χ1v) is 49.5. The van der Waals surface area contributed by atoms with Gasteiger partial charge in [0.05, 0.1) is 21.3 Å². The quantitative estimate of drug-likeness (QED) is 0.0371. The number of aryl methyl sites for hydroxylation is 1. The van der Waals surface area contributed by atoms with Gasteiger partial charge in [-0.05, 0) is 336 Å². The average molecular weight is 1890 g/mol. The molecule has 5 saturated heterocycles. The lowest BCUT2D eigenvalue weighted by Crippen LogP contribution is -2.35. The van der Waals surface area contributed by atoms with Gasteiger partial charge in [-0.1, -0.05) is 181 Å². The van der Waals surface area contributed by atoms with Gasteiger partial charge in [-0.25, -0.2) is 0 Å². The van der Waals surface area contributed by atoms with Crippen LogP contribution < -0.4 is 60.4 Å². The SMILES string of the molecule is CN1CCC(Oc2ccc(-c3ccc(N)cc3)cc2)CC1.CN1CCC(Oc2ccc(-c3cccc(N)c3)cc2)CC1.CN1CCC(Oc2cccc(-c3cccc(N)c3)c2)CC1.COc1ccc(NC(=O)c2ccc(-c3ccc(OC4CCN(C)CC4)cc3)cc2)cc1-c1cccc(C)c1.COc1cccc(-c2cc(CC(=O)Cc3ccc(-c4ccc(OC5CCN(C)CC5)cc4)cc3)ccc2OC)c1. The molecule has 5 aliphatic rings. The van der Waals surface area contributed by atoms with Crippen LogP contribution in [0, 0.1) is 6.92 Å². The summed E-state index contributed by atoms with van der Waals surface area (Å²) in [4.78, 5) is 37.7. The Hall–Kier alpha value is -14.2. The average Bonchev–Trinajstić information content (AvgIpc) is 0.817. The topological polar surface area (TPSA) is 214 Å². The molecule has 14 aromatic rings. The second-order valence-electron chi connectivity index (χ2n) is 37.8. The maximum Gasteiger partial charge on any atom is 0.255 e. The molecule has 0 unspecified atom stereocenters. The molecule has 5 aliphatic heterocycles. The zero-order valence-electron chi connectivity index (χ0n) is 83.2. The molecule has 19 rings (SSSR count). The van der Waals surface area contributed by atoms with Crippen LogP contribution in [0.5, 0.6) is 46.0 Å². The molecule has 0 bridgehead atoms. The molecular weight excluding hydrogens is 1750 g/mol. The molecule has 19 nitrogen and oxygen atoms in total. The first-order valence-electron chi connectivity index (χ1n) is 49.5. The van der Waals surface area contributed by atoms with Crippen LogP contribution in [-0.2, 0) is 17.6 Å². The maximum atomic E-state index is 13.0. The minimum Gasteiger partial charge on any atom is -0.497 e. The molecule has 5 heterocycles. The highest BCUT2D eigenvalue weighted by atomic mass is 16.5. The van der Waals surface area contributed by atoms with E-state index in [-0.39, 0.29) is 17.8 Å². The number of nitrogens with one attached hydrogen (secondary N) is 1. The van der Waals surface area contributed by atoms with Crippen molar-refractivity contribution in [3.05, 3.63) is 350 Å². The molecule has 5 fully saturated rings. The summed E-state index contributed by atoms with van der Waals surface area (Å²) < 4.78 is 47.2. The Balaban J connectivity index is 0.000000137. The molecule has 0 saturated carbocycles. The minimum absolute atomic E-state index is 0.154. The summed E-state index contributed by atoms with van der Waals surface area (Å²) in [5, 5.41) is 3.03. The van der Waals surface area contributed by atoms with Gasteiger partial charge in [0.1, 0.15) is 82.3 Å². The fourth-order valence-electron chi connectivity index (χ4n) is 18.3. The van der Waals surface area contributed by atoms with Crippen LogP contribution in [0.3, 0.4) is 0 Å². The second-order valence-corrected chi connectivity index (χ2v) is 37.8. The monoisotopic (exact) mass is 1890 g/mol. The molecular formula is C122H137N9O10. The highest BCUT2D eigenvalue weighted by molar-refractivity contribution is 6.05. The third kappa shape index (κ3) is 30.4. The number of carbonyl (C=O) groups is 2. The van der Waals surface area contributed by atoms with Crippen molar-refractivity contribution < 1.29 is 47.5 Å². The van der Waals surface area contributed by atoms with Crippen LogP contribution >= 0.6 is 0 Å². The molecule has 14 aromatic carbocycles. The normalized spacial score (nSPS) is 15.3. The lowest BCUT2D eigenvalue weighted by Gasteiger charge is -2.29. The van der Waals surface area contributed by atoms with Crippen molar-refractivity contribution >= 4 is 34.4 Å². The molecule has 0 atom stereocenters. The highest BCUT2D eigenvalue weighted by Crippen LogP contribution is 2.38. The van der Waals surface area contributed by atoms with Gasteiger partial charge in [0.2, 0.25) is 0 Å². The number of piperidine rings is 5. The van der Waals surface area contributed by atoms with Gasteiger partial charge in [-0.2, -0.15) is 0 Å². The van der Waals surface area contributed by atoms with Gasteiger partial charge in [-0.15, -0.1) is 0 Å². The summed E-state index contributed by atoms with van der Waals surface area (Å²) in [5.41, 5.74) is 39.5. The maximum absolute atomic E-state index is 13.0. The Labute approximate surface area is 834 Å². The van der Waals surface area contributed by atoms with Crippen molar-refractivity contribution in [2.75, 3.05) is 145 Å². The number of nitrogens with zero attached hydrogens (tertiary/aromatic N) is 5. The number of rotatable bonds is 26. The van der Waals surface area contributed by atoms with Crippen molar-refractivity contribution in [3.8, 4) is 124 Å². The van der Waals surface area contributed by atoms with Crippen LogP contribution in [0.4, 0.5) is 22.7 Å². The van der Waals surface area contributed by atoms with Crippen LogP contribution in [0.1, 0.15) is 91.3 Å². The Morgan fingerprint density at radius 1 is 0.277 bits per heavy atom. The second kappa shape index (κ2) is 50.6. The van der Waals surface area contributed by atoms with Crippen molar-refractivity contribution in [3.63, 3.8) is 0 Å². The highest BCUT2D eigenvalue weighted by Gasteiger charge is 2.25. The molecule has 0 aromatic heterocycles. The standard InChI is InChI=1S/C35H37NO4.C33H34N2O3.3C18H22N2O/c1-36-19-17-32(18-20-36)40-31-14-12-28(13-15-31)27-10-7-25(8-11-27)21-30(37)22-26-9-16-35(39-3)34(23-26)29-5-4-6-33(24-29)38-2;1-23-5-4-6-27(21-23)31-22-28(13-16-32(31)37-3)34-33(36)26-9-7-24(8-10-26)25-11-14-29(15-12-25)38-30-17-19-35(2)20-18-30;1-20-12-10-18(11-13-20)21-17-8-4-15(5-9-17)14-2-6-16(19)7-3-14;1-20-10-8-17(9-11-20)21-18-7-3-5-15(13-18)14-4-2-6-16(19)12-14;1-20-11-9-18(10-12-20)21-17-7-5-14(6-8-17)15-3-2-4-16(19)13-15/h4-16,23-24,32H,17-22H2,1-3H3;4-16,21-22,30H,17-20H2,1-3H3,(H,34,36);2-9,18H,10-13,19H2,1H3;2-7,12-13,17H,8-11,19H2,1H3;2-8,13,18H,9-12,19H2,1H3. The zero-order valence-corrected chi connectivity index (χ0v) is 83.2. The van der Waals surface area contributed by atoms with E-state index in [0.29, 0.717) is 42.8 Å². The number of benzene rings is 14. The van der Waals surface area contributed by atoms with Crippen LogP contribution in [0.2, 0.25) is 0 Å². The Kier molecular flexibility index (Phi) is 36.3. The summed E-state index contributed by atoms with van der Waals surface area (Å²) in [7, 11) is 15.8. The van der Waals surface area contributed by atoms with Gasteiger partial charge in [0.25, 0.3) is 5.91 Å². The number of methoxy groups -OCH3 is 3. The molecule has 141 heavy (non-hydrogen) atoms. The van der Waals surface area contributed by atoms with E-state index in [2.05, 4.69) is 205 Å². The number of ether oxygens (including phenoxy) is 8. The fourth-order valence-corrected chi connectivity index (χ4v) is 18.3. The first kappa shape index (κ1) is 101. The third-order valence-electron chi connectivity index (χ3n) is 26.8. The summed E-state index contributed by atoms with van der Waals surface area (Å²) >= 11 is 0. The van der Waals surface area contributed by atoms with Gasteiger partial charge in [-0.3, -0.25) is 9.59 Å². The third-order valence-corrected chi connectivity index (χ3v) is 26.8. The summed E-state index contributed by atoms with van der Waals surface area (Å²) in [6, 6.07) is 109.